The molecule has 0 amide bonds. The topological polar surface area (TPSA) is 15.3 Å². The first-order chi connectivity index (χ1) is 8.15. The summed E-state index contributed by atoms with van der Waals surface area (Å²) in [5.41, 5.74) is 0.656. The van der Waals surface area contributed by atoms with Crippen molar-refractivity contribution in [2.45, 2.75) is 25.4 Å². The maximum Gasteiger partial charge on any atom is 0.126 e. The first-order valence-electron chi connectivity index (χ1n) is 6.01. The van der Waals surface area contributed by atoms with E-state index in [9.17, 15) is 8.78 Å². The van der Waals surface area contributed by atoms with E-state index in [0.717, 1.165) is 19.2 Å². The molecule has 1 aliphatic rings. The van der Waals surface area contributed by atoms with Gasteiger partial charge in [0.15, 0.2) is 0 Å². The summed E-state index contributed by atoms with van der Waals surface area (Å²) in [6.45, 7) is 2.52. The molecule has 1 aliphatic heterocycles. The highest BCUT2D eigenvalue weighted by Gasteiger charge is 2.19. The van der Waals surface area contributed by atoms with Gasteiger partial charge in [-0.25, -0.2) is 8.78 Å². The van der Waals surface area contributed by atoms with E-state index in [0.29, 0.717) is 18.2 Å². The zero-order valence-corrected chi connectivity index (χ0v) is 10.0. The minimum atomic E-state index is -0.514. The van der Waals surface area contributed by atoms with Gasteiger partial charge in [0.1, 0.15) is 11.6 Å². The molecule has 0 aliphatic carbocycles. The van der Waals surface area contributed by atoms with Gasteiger partial charge in [-0.05, 0) is 44.1 Å². The highest BCUT2D eigenvalue weighted by Crippen LogP contribution is 2.14. The molecular weight excluding hydrogens is 222 g/mol. The highest BCUT2D eigenvalue weighted by molar-refractivity contribution is 5.17. The Morgan fingerprint density at radius 1 is 1.29 bits per heavy atom. The predicted molar refractivity (Wildman–Crippen MR) is 63.7 cm³/mol. The molecule has 1 N–H and O–H groups in total. The summed E-state index contributed by atoms with van der Waals surface area (Å²) in [5, 5.41) is 3.25. The molecule has 0 saturated carbocycles. The molecule has 0 aromatic heterocycles. The SMILES string of the molecule is CN1CCCC1CNCc1cc(F)cc(F)c1. The molecule has 1 aromatic carbocycles. The van der Waals surface area contributed by atoms with E-state index in [1.165, 1.54) is 25.0 Å². The van der Waals surface area contributed by atoms with E-state index in [1.54, 1.807) is 0 Å². The highest BCUT2D eigenvalue weighted by atomic mass is 19.1. The lowest BCUT2D eigenvalue weighted by molar-refractivity contribution is 0.300. The summed E-state index contributed by atoms with van der Waals surface area (Å²) in [4.78, 5) is 2.32. The van der Waals surface area contributed by atoms with Crippen molar-refractivity contribution in [3.63, 3.8) is 0 Å². The van der Waals surface area contributed by atoms with Crippen LogP contribution in [0.5, 0.6) is 0 Å². The minimum Gasteiger partial charge on any atom is -0.311 e. The van der Waals surface area contributed by atoms with Gasteiger partial charge in [-0.1, -0.05) is 0 Å². The number of hydrogen-bond donors (Lipinski definition) is 1. The monoisotopic (exact) mass is 240 g/mol. The number of likely N-dealkylation sites (tertiary alicyclic amines) is 1. The van der Waals surface area contributed by atoms with Crippen molar-refractivity contribution in [2.24, 2.45) is 0 Å². The molecule has 17 heavy (non-hydrogen) atoms. The molecule has 1 saturated heterocycles. The van der Waals surface area contributed by atoms with Crippen LogP contribution in [0.15, 0.2) is 18.2 Å². The van der Waals surface area contributed by atoms with Gasteiger partial charge in [-0.15, -0.1) is 0 Å². The molecular formula is C13H18F2N2. The van der Waals surface area contributed by atoms with E-state index >= 15 is 0 Å². The van der Waals surface area contributed by atoms with Gasteiger partial charge in [-0.3, -0.25) is 0 Å². The Morgan fingerprint density at radius 3 is 2.59 bits per heavy atom. The third-order valence-electron chi connectivity index (χ3n) is 3.30. The van der Waals surface area contributed by atoms with Crippen molar-refractivity contribution >= 4 is 0 Å². The molecule has 0 spiro atoms. The molecule has 1 unspecified atom stereocenters. The van der Waals surface area contributed by atoms with Crippen LogP contribution in [-0.2, 0) is 6.54 Å². The fraction of sp³-hybridized carbons (Fsp3) is 0.538. The molecule has 94 valence electrons. The fourth-order valence-corrected chi connectivity index (χ4v) is 2.33. The Kier molecular flexibility index (Phi) is 4.07. The lowest BCUT2D eigenvalue weighted by atomic mass is 10.2. The van der Waals surface area contributed by atoms with E-state index in [2.05, 4.69) is 17.3 Å². The van der Waals surface area contributed by atoms with Crippen LogP contribution in [0.2, 0.25) is 0 Å². The van der Waals surface area contributed by atoms with Crippen LogP contribution in [0.1, 0.15) is 18.4 Å². The second kappa shape index (κ2) is 5.56. The van der Waals surface area contributed by atoms with Crippen molar-refractivity contribution in [3.8, 4) is 0 Å². The number of likely N-dealkylation sites (N-methyl/N-ethyl adjacent to an activating group) is 1. The maximum atomic E-state index is 12.9. The van der Waals surface area contributed by atoms with Crippen LogP contribution in [0.25, 0.3) is 0 Å². The molecule has 4 heteroatoms. The molecule has 2 rings (SSSR count). The van der Waals surface area contributed by atoms with Crippen LogP contribution in [0.4, 0.5) is 8.78 Å². The van der Waals surface area contributed by atoms with Gasteiger partial charge in [0.2, 0.25) is 0 Å². The number of nitrogens with one attached hydrogen (secondary N) is 1. The van der Waals surface area contributed by atoms with Crippen LogP contribution >= 0.6 is 0 Å². The van der Waals surface area contributed by atoms with Crippen molar-refractivity contribution in [1.82, 2.24) is 10.2 Å². The maximum absolute atomic E-state index is 12.9. The lowest BCUT2D eigenvalue weighted by Gasteiger charge is -2.19. The van der Waals surface area contributed by atoms with Gasteiger partial charge in [0.05, 0.1) is 0 Å². The van der Waals surface area contributed by atoms with E-state index in [4.69, 9.17) is 0 Å². The smallest absolute Gasteiger partial charge is 0.126 e. The summed E-state index contributed by atoms with van der Waals surface area (Å²) in [6.07, 6.45) is 2.43. The Bertz CT molecular complexity index is 361. The standard InChI is InChI=1S/C13H18F2N2/c1-17-4-2-3-13(17)9-16-8-10-5-11(14)7-12(15)6-10/h5-7,13,16H,2-4,8-9H2,1H3. The summed E-state index contributed by atoms with van der Waals surface area (Å²) in [5.74, 6) is -1.03. The van der Waals surface area contributed by atoms with E-state index < -0.39 is 11.6 Å². The molecule has 0 bridgehead atoms. The van der Waals surface area contributed by atoms with E-state index in [-0.39, 0.29) is 0 Å². The third kappa shape index (κ3) is 3.48. The van der Waals surface area contributed by atoms with E-state index in [1.807, 2.05) is 0 Å². The number of halogens is 2. The third-order valence-corrected chi connectivity index (χ3v) is 3.30. The lowest BCUT2D eigenvalue weighted by Crippen LogP contribution is -2.35. The van der Waals surface area contributed by atoms with Gasteiger partial charge < -0.3 is 10.2 Å². The summed E-state index contributed by atoms with van der Waals surface area (Å²) in [6, 6.07) is 4.19. The number of rotatable bonds is 4. The summed E-state index contributed by atoms with van der Waals surface area (Å²) in [7, 11) is 2.11. The Balaban J connectivity index is 1.81. The summed E-state index contributed by atoms with van der Waals surface area (Å²) >= 11 is 0. The molecule has 1 atom stereocenters. The number of nitrogens with zero attached hydrogens (tertiary/aromatic N) is 1. The summed E-state index contributed by atoms with van der Waals surface area (Å²) < 4.78 is 25.9. The molecule has 1 aromatic rings. The van der Waals surface area contributed by atoms with Gasteiger partial charge in [0, 0.05) is 25.2 Å². The van der Waals surface area contributed by atoms with Crippen molar-refractivity contribution in [1.29, 1.82) is 0 Å². The molecule has 2 nitrogen and oxygen atoms in total. The minimum absolute atomic E-state index is 0.513. The Morgan fingerprint density at radius 2 is 2.00 bits per heavy atom. The molecule has 1 heterocycles. The molecule has 1 fully saturated rings. The second-order valence-corrected chi connectivity index (χ2v) is 4.69. The van der Waals surface area contributed by atoms with Crippen LogP contribution < -0.4 is 5.32 Å². The van der Waals surface area contributed by atoms with Crippen LogP contribution in [0.3, 0.4) is 0 Å². The average molecular weight is 240 g/mol. The quantitative estimate of drug-likeness (QED) is 0.867. The second-order valence-electron chi connectivity index (χ2n) is 4.69. The number of benzene rings is 1. The van der Waals surface area contributed by atoms with Gasteiger partial charge in [-0.2, -0.15) is 0 Å². The van der Waals surface area contributed by atoms with Crippen LogP contribution in [0, 0.1) is 11.6 Å². The van der Waals surface area contributed by atoms with Crippen molar-refractivity contribution in [2.75, 3.05) is 20.1 Å². The first kappa shape index (κ1) is 12.5. The fourth-order valence-electron chi connectivity index (χ4n) is 2.33. The Hall–Kier alpha value is -1.00. The van der Waals surface area contributed by atoms with Crippen molar-refractivity contribution < 1.29 is 8.78 Å². The van der Waals surface area contributed by atoms with Gasteiger partial charge in [0.25, 0.3) is 0 Å². The zero-order chi connectivity index (χ0) is 12.3. The zero-order valence-electron chi connectivity index (χ0n) is 10.0. The first-order valence-corrected chi connectivity index (χ1v) is 6.01. The van der Waals surface area contributed by atoms with Crippen molar-refractivity contribution in [3.05, 3.63) is 35.4 Å². The van der Waals surface area contributed by atoms with Gasteiger partial charge >= 0.3 is 0 Å². The normalized spacial score (nSPS) is 21.0. The van der Waals surface area contributed by atoms with Crippen LogP contribution in [-0.4, -0.2) is 31.1 Å². The molecule has 0 radical (unpaired) electrons. The predicted octanol–water partition coefficient (Wildman–Crippen LogP) is 2.15. The largest absolute Gasteiger partial charge is 0.311 e. The number of hydrogen-bond acceptors (Lipinski definition) is 2. The average Bonchev–Trinajstić information content (AvgIpc) is 2.63. The Labute approximate surface area is 101 Å².